The first-order chi connectivity index (χ1) is 7.99. The Morgan fingerprint density at radius 1 is 1.41 bits per heavy atom. The Balaban J connectivity index is 2.68. The summed E-state index contributed by atoms with van der Waals surface area (Å²) in [6.45, 7) is 1.69. The van der Waals surface area contributed by atoms with E-state index in [4.69, 9.17) is 5.26 Å². The molecule has 0 aromatic heterocycles. The maximum absolute atomic E-state index is 12.6. The molecule has 0 amide bonds. The number of nitrogens with zero attached hydrogens (tertiary/aromatic N) is 1. The number of hydrogen-bond donors (Lipinski definition) is 1. The van der Waals surface area contributed by atoms with Crippen LogP contribution in [0.4, 0.5) is 4.39 Å². The quantitative estimate of drug-likeness (QED) is 0.868. The summed E-state index contributed by atoms with van der Waals surface area (Å²) >= 11 is 0. The van der Waals surface area contributed by atoms with Crippen LogP contribution in [0.2, 0.25) is 0 Å². The van der Waals surface area contributed by atoms with Crippen LogP contribution in [0.3, 0.4) is 0 Å². The van der Waals surface area contributed by atoms with Gasteiger partial charge in [0.1, 0.15) is 5.82 Å². The van der Waals surface area contributed by atoms with Crippen LogP contribution in [0.15, 0.2) is 24.3 Å². The van der Waals surface area contributed by atoms with Crippen LogP contribution in [-0.2, 0) is 16.6 Å². The molecule has 0 aliphatic rings. The van der Waals surface area contributed by atoms with Gasteiger partial charge in [0.15, 0.2) is 5.25 Å². The largest absolute Gasteiger partial charge is 0.228 e. The molecule has 1 unspecified atom stereocenters. The third-order valence-corrected chi connectivity index (χ3v) is 4.01. The summed E-state index contributed by atoms with van der Waals surface area (Å²) < 4.78 is 38.2. The van der Waals surface area contributed by atoms with E-state index in [1.165, 1.54) is 24.3 Å². The Kier molecular flexibility index (Phi) is 4.61. The minimum absolute atomic E-state index is 0.0563. The van der Waals surface area contributed by atoms with Gasteiger partial charge in [-0.25, -0.2) is 17.5 Å². The summed E-state index contributed by atoms with van der Waals surface area (Å²) in [7, 11) is -3.64. The van der Waals surface area contributed by atoms with Crippen molar-refractivity contribution < 1.29 is 12.8 Å². The van der Waals surface area contributed by atoms with Crippen molar-refractivity contribution in [2.45, 2.75) is 25.1 Å². The van der Waals surface area contributed by atoms with Crippen molar-refractivity contribution >= 4 is 10.0 Å². The van der Waals surface area contributed by atoms with E-state index in [0.29, 0.717) is 5.56 Å². The molecular weight excluding hydrogens is 243 g/mol. The summed E-state index contributed by atoms with van der Waals surface area (Å²) in [5.41, 5.74) is 0.641. The lowest BCUT2D eigenvalue weighted by molar-refractivity contribution is 0.572. The second-order valence-corrected chi connectivity index (χ2v) is 5.47. The first kappa shape index (κ1) is 13.6. The Morgan fingerprint density at radius 3 is 2.47 bits per heavy atom. The van der Waals surface area contributed by atoms with E-state index in [1.54, 1.807) is 13.0 Å². The molecule has 0 spiro atoms. The van der Waals surface area contributed by atoms with E-state index in [-0.39, 0.29) is 18.8 Å². The highest BCUT2D eigenvalue weighted by atomic mass is 32.2. The van der Waals surface area contributed by atoms with E-state index < -0.39 is 15.3 Å². The van der Waals surface area contributed by atoms with Crippen LogP contribution in [-0.4, -0.2) is 13.7 Å². The third-order valence-electron chi connectivity index (χ3n) is 2.28. The summed E-state index contributed by atoms with van der Waals surface area (Å²) in [6, 6.07) is 7.22. The standard InChI is InChI=1S/C11H13FN2O2S/c1-2-11(7-13)17(15,16)14-8-9-3-5-10(12)6-4-9/h3-6,11,14H,2,8H2,1H3. The number of rotatable bonds is 5. The Morgan fingerprint density at radius 2 is 2.00 bits per heavy atom. The summed E-state index contributed by atoms with van der Waals surface area (Å²) in [6.07, 6.45) is 0.231. The molecule has 1 atom stereocenters. The molecule has 0 radical (unpaired) electrons. The minimum Gasteiger partial charge on any atom is -0.211 e. The zero-order valence-corrected chi connectivity index (χ0v) is 10.2. The summed E-state index contributed by atoms with van der Waals surface area (Å²) in [5, 5.41) is 7.62. The van der Waals surface area contributed by atoms with E-state index in [2.05, 4.69) is 4.72 Å². The summed E-state index contributed by atoms with van der Waals surface area (Å²) in [5.74, 6) is -0.375. The minimum atomic E-state index is -3.64. The van der Waals surface area contributed by atoms with Crippen LogP contribution in [0.25, 0.3) is 0 Å². The van der Waals surface area contributed by atoms with Crippen LogP contribution in [0, 0.1) is 17.1 Å². The molecule has 0 bridgehead atoms. The number of nitrogens with one attached hydrogen (secondary N) is 1. The number of sulfonamides is 1. The lowest BCUT2D eigenvalue weighted by Crippen LogP contribution is -2.32. The van der Waals surface area contributed by atoms with Crippen molar-refractivity contribution in [1.82, 2.24) is 4.72 Å². The second-order valence-electron chi connectivity index (χ2n) is 3.52. The van der Waals surface area contributed by atoms with Gasteiger partial charge in [0.25, 0.3) is 0 Å². The van der Waals surface area contributed by atoms with Gasteiger partial charge in [-0.1, -0.05) is 19.1 Å². The van der Waals surface area contributed by atoms with Crippen molar-refractivity contribution in [3.8, 4) is 6.07 Å². The lowest BCUT2D eigenvalue weighted by atomic mass is 10.2. The SMILES string of the molecule is CCC(C#N)S(=O)(=O)NCc1ccc(F)cc1. The molecule has 0 fully saturated rings. The van der Waals surface area contributed by atoms with Gasteiger partial charge in [0.05, 0.1) is 6.07 Å². The maximum Gasteiger partial charge on any atom is 0.228 e. The molecule has 0 saturated heterocycles. The van der Waals surface area contributed by atoms with Gasteiger partial charge in [0.2, 0.25) is 10.0 Å². The third kappa shape index (κ3) is 3.80. The fourth-order valence-electron chi connectivity index (χ4n) is 1.27. The monoisotopic (exact) mass is 256 g/mol. The number of hydrogen-bond acceptors (Lipinski definition) is 3. The summed E-state index contributed by atoms with van der Waals surface area (Å²) in [4.78, 5) is 0. The smallest absolute Gasteiger partial charge is 0.211 e. The average Bonchev–Trinajstić information content (AvgIpc) is 2.29. The highest BCUT2D eigenvalue weighted by molar-refractivity contribution is 7.90. The van der Waals surface area contributed by atoms with E-state index >= 15 is 0 Å². The Bertz CT molecular complexity index is 505. The maximum atomic E-state index is 12.6. The second kappa shape index (κ2) is 5.75. The molecule has 92 valence electrons. The normalized spacial score (nSPS) is 13.0. The molecule has 0 heterocycles. The van der Waals surface area contributed by atoms with Gasteiger partial charge >= 0.3 is 0 Å². The molecule has 4 nitrogen and oxygen atoms in total. The van der Waals surface area contributed by atoms with Crippen LogP contribution < -0.4 is 4.72 Å². The number of halogens is 1. The number of benzene rings is 1. The van der Waals surface area contributed by atoms with Crippen molar-refractivity contribution in [3.63, 3.8) is 0 Å². The van der Waals surface area contributed by atoms with Crippen molar-refractivity contribution in [2.75, 3.05) is 0 Å². The first-order valence-electron chi connectivity index (χ1n) is 5.12. The molecule has 0 aliphatic heterocycles. The predicted molar refractivity (Wildman–Crippen MR) is 61.9 cm³/mol. The van der Waals surface area contributed by atoms with Gasteiger partial charge in [0, 0.05) is 6.54 Å². The molecule has 1 aromatic rings. The van der Waals surface area contributed by atoms with Crippen molar-refractivity contribution in [1.29, 1.82) is 5.26 Å². The fourth-order valence-corrected chi connectivity index (χ4v) is 2.41. The zero-order chi connectivity index (χ0) is 12.9. The van der Waals surface area contributed by atoms with Crippen molar-refractivity contribution in [3.05, 3.63) is 35.6 Å². The topological polar surface area (TPSA) is 70.0 Å². The molecule has 1 aromatic carbocycles. The highest BCUT2D eigenvalue weighted by Gasteiger charge is 2.22. The molecule has 6 heteroatoms. The fraction of sp³-hybridized carbons (Fsp3) is 0.364. The molecule has 0 aliphatic carbocycles. The van der Waals surface area contributed by atoms with E-state index in [9.17, 15) is 12.8 Å². The van der Waals surface area contributed by atoms with Crippen molar-refractivity contribution in [2.24, 2.45) is 0 Å². The first-order valence-corrected chi connectivity index (χ1v) is 6.66. The van der Waals surface area contributed by atoms with Gasteiger partial charge in [-0.15, -0.1) is 0 Å². The highest BCUT2D eigenvalue weighted by Crippen LogP contribution is 2.06. The van der Waals surface area contributed by atoms with E-state index in [1.807, 2.05) is 0 Å². The van der Waals surface area contributed by atoms with Gasteiger partial charge in [-0.2, -0.15) is 5.26 Å². The predicted octanol–water partition coefficient (Wildman–Crippen LogP) is 1.55. The Hall–Kier alpha value is -1.45. The molecule has 17 heavy (non-hydrogen) atoms. The molecule has 1 N–H and O–H groups in total. The van der Waals surface area contributed by atoms with Gasteiger partial charge in [-0.05, 0) is 24.1 Å². The molecule has 0 saturated carbocycles. The van der Waals surface area contributed by atoms with Crippen LogP contribution in [0.1, 0.15) is 18.9 Å². The van der Waals surface area contributed by atoms with Gasteiger partial charge in [-0.3, -0.25) is 0 Å². The van der Waals surface area contributed by atoms with Crippen LogP contribution in [0.5, 0.6) is 0 Å². The Labute approximate surface area is 100 Å². The molecule has 1 rings (SSSR count). The van der Waals surface area contributed by atoms with Gasteiger partial charge < -0.3 is 0 Å². The molecular formula is C11H13FN2O2S. The number of nitriles is 1. The average molecular weight is 256 g/mol. The lowest BCUT2D eigenvalue weighted by Gasteiger charge is -2.09. The van der Waals surface area contributed by atoms with E-state index in [0.717, 1.165) is 0 Å². The van der Waals surface area contributed by atoms with Crippen LogP contribution >= 0.6 is 0 Å². The zero-order valence-electron chi connectivity index (χ0n) is 9.35.